The molecule has 0 bridgehead atoms. The quantitative estimate of drug-likeness (QED) is 0.915. The van der Waals surface area contributed by atoms with E-state index in [2.05, 4.69) is 57.9 Å². The molecule has 1 saturated heterocycles. The highest BCUT2D eigenvalue weighted by molar-refractivity contribution is 9.10. The van der Waals surface area contributed by atoms with Gasteiger partial charge < -0.3 is 10.6 Å². The maximum atomic E-state index is 5.70. The van der Waals surface area contributed by atoms with E-state index in [4.69, 9.17) is 5.73 Å². The van der Waals surface area contributed by atoms with Gasteiger partial charge in [0.2, 0.25) is 0 Å². The second kappa shape index (κ2) is 7.55. The second-order valence-electron chi connectivity index (χ2n) is 5.78. The summed E-state index contributed by atoms with van der Waals surface area (Å²) in [5.74, 6) is 0. The maximum Gasteiger partial charge on any atom is 0.0248 e. The Hall–Kier alpha value is -0.420. The lowest BCUT2D eigenvalue weighted by atomic mass is 10.1. The van der Waals surface area contributed by atoms with Gasteiger partial charge in [-0.2, -0.15) is 0 Å². The third kappa shape index (κ3) is 4.04. The van der Waals surface area contributed by atoms with E-state index in [0.717, 1.165) is 6.54 Å². The molecule has 1 atom stereocenters. The van der Waals surface area contributed by atoms with Crippen molar-refractivity contribution >= 4 is 15.9 Å². The number of nitrogens with two attached hydrogens (primary N) is 1. The van der Waals surface area contributed by atoms with Crippen LogP contribution < -0.4 is 5.73 Å². The third-order valence-corrected chi connectivity index (χ3v) is 4.96. The lowest BCUT2D eigenvalue weighted by Crippen LogP contribution is -2.39. The monoisotopic (exact) mass is 339 g/mol. The number of hydrogen-bond donors (Lipinski definition) is 1. The summed E-state index contributed by atoms with van der Waals surface area (Å²) in [5, 5.41) is 0. The third-order valence-electron chi connectivity index (χ3n) is 4.22. The van der Waals surface area contributed by atoms with Gasteiger partial charge in [-0.05, 0) is 43.6 Å². The first-order valence-electron chi connectivity index (χ1n) is 7.54. The molecule has 2 rings (SSSR count). The van der Waals surface area contributed by atoms with Gasteiger partial charge in [0.15, 0.2) is 0 Å². The fourth-order valence-electron chi connectivity index (χ4n) is 2.95. The summed E-state index contributed by atoms with van der Waals surface area (Å²) in [7, 11) is 2.23. The number of nitrogens with zero attached hydrogens (tertiary/aromatic N) is 2. The lowest BCUT2D eigenvalue weighted by molar-refractivity contribution is 0.175. The fourth-order valence-corrected chi connectivity index (χ4v) is 3.50. The predicted molar refractivity (Wildman–Crippen MR) is 88.6 cm³/mol. The molecule has 20 heavy (non-hydrogen) atoms. The number of likely N-dealkylation sites (N-methyl/N-ethyl adjacent to an activating group) is 1. The molecule has 1 heterocycles. The molecular formula is C16H26BrN3. The number of halogens is 1. The topological polar surface area (TPSA) is 32.5 Å². The highest BCUT2D eigenvalue weighted by Crippen LogP contribution is 2.23. The molecule has 0 aliphatic carbocycles. The summed E-state index contributed by atoms with van der Waals surface area (Å²) in [4.78, 5) is 5.09. The second-order valence-corrected chi connectivity index (χ2v) is 6.63. The summed E-state index contributed by atoms with van der Waals surface area (Å²) < 4.78 is 1.19. The summed E-state index contributed by atoms with van der Waals surface area (Å²) >= 11 is 3.70. The Balaban J connectivity index is 2.10. The fraction of sp³-hybridized carbons (Fsp3) is 0.625. The predicted octanol–water partition coefficient (Wildman–Crippen LogP) is 2.82. The van der Waals surface area contributed by atoms with Crippen molar-refractivity contribution in [3.8, 4) is 0 Å². The first-order chi connectivity index (χ1) is 9.63. The van der Waals surface area contributed by atoms with Gasteiger partial charge in [0.25, 0.3) is 0 Å². The van der Waals surface area contributed by atoms with Crippen LogP contribution in [0.4, 0.5) is 0 Å². The Labute approximate surface area is 131 Å². The van der Waals surface area contributed by atoms with Crippen LogP contribution in [0.3, 0.4) is 0 Å². The van der Waals surface area contributed by atoms with Gasteiger partial charge >= 0.3 is 0 Å². The minimum Gasteiger partial charge on any atom is -0.326 e. The number of benzene rings is 1. The highest BCUT2D eigenvalue weighted by Gasteiger charge is 2.22. The van der Waals surface area contributed by atoms with E-state index in [1.54, 1.807) is 0 Å². The zero-order valence-electron chi connectivity index (χ0n) is 12.6. The van der Waals surface area contributed by atoms with Crippen molar-refractivity contribution in [1.82, 2.24) is 9.80 Å². The normalized spacial score (nSPS) is 21.9. The summed E-state index contributed by atoms with van der Waals surface area (Å²) in [6.45, 7) is 7.50. The average molecular weight is 340 g/mol. The van der Waals surface area contributed by atoms with Gasteiger partial charge in [0.1, 0.15) is 0 Å². The molecule has 0 radical (unpaired) electrons. The Morgan fingerprint density at radius 3 is 2.80 bits per heavy atom. The SMILES string of the molecule is CCC1CN(C)CCCN1Cc1ccc(CN)cc1Br. The first kappa shape index (κ1) is 16.0. The molecule has 1 aromatic carbocycles. The van der Waals surface area contributed by atoms with Crippen molar-refractivity contribution in [2.45, 2.75) is 38.9 Å². The zero-order chi connectivity index (χ0) is 14.5. The Kier molecular flexibility index (Phi) is 6.02. The first-order valence-corrected chi connectivity index (χ1v) is 8.33. The van der Waals surface area contributed by atoms with Crippen LogP contribution in [0.1, 0.15) is 30.9 Å². The highest BCUT2D eigenvalue weighted by atomic mass is 79.9. The van der Waals surface area contributed by atoms with Crippen LogP contribution >= 0.6 is 15.9 Å². The Morgan fingerprint density at radius 1 is 1.35 bits per heavy atom. The van der Waals surface area contributed by atoms with Crippen molar-refractivity contribution in [1.29, 1.82) is 0 Å². The van der Waals surface area contributed by atoms with E-state index >= 15 is 0 Å². The molecule has 0 aromatic heterocycles. The molecule has 0 amide bonds. The molecule has 112 valence electrons. The van der Waals surface area contributed by atoms with Crippen molar-refractivity contribution in [3.05, 3.63) is 33.8 Å². The van der Waals surface area contributed by atoms with E-state index in [-0.39, 0.29) is 0 Å². The van der Waals surface area contributed by atoms with E-state index < -0.39 is 0 Å². The molecule has 0 spiro atoms. The maximum absolute atomic E-state index is 5.70. The van der Waals surface area contributed by atoms with Crippen LogP contribution in [0.2, 0.25) is 0 Å². The molecule has 1 fully saturated rings. The largest absolute Gasteiger partial charge is 0.326 e. The molecule has 1 aliphatic heterocycles. The van der Waals surface area contributed by atoms with Crippen molar-refractivity contribution in [2.75, 3.05) is 26.7 Å². The van der Waals surface area contributed by atoms with Gasteiger partial charge in [-0.3, -0.25) is 4.90 Å². The molecule has 4 heteroatoms. The summed E-state index contributed by atoms with van der Waals surface area (Å²) in [6.07, 6.45) is 2.47. The average Bonchev–Trinajstić information content (AvgIpc) is 2.62. The van der Waals surface area contributed by atoms with Crippen LogP contribution in [-0.2, 0) is 13.1 Å². The Morgan fingerprint density at radius 2 is 2.15 bits per heavy atom. The molecule has 1 unspecified atom stereocenters. The van der Waals surface area contributed by atoms with Gasteiger partial charge in [-0.25, -0.2) is 0 Å². The van der Waals surface area contributed by atoms with Gasteiger partial charge in [0, 0.05) is 36.7 Å². The molecule has 0 saturated carbocycles. The molecular weight excluding hydrogens is 314 g/mol. The standard InChI is InChI=1S/C16H26BrN3/c1-3-15-12-19(2)7-4-8-20(15)11-14-6-5-13(10-18)9-16(14)17/h5-6,9,15H,3-4,7-8,10-12,18H2,1-2H3. The van der Waals surface area contributed by atoms with E-state index in [1.807, 2.05) is 0 Å². The minimum absolute atomic E-state index is 0.602. The number of hydrogen-bond acceptors (Lipinski definition) is 3. The smallest absolute Gasteiger partial charge is 0.0248 e. The molecule has 2 N–H and O–H groups in total. The van der Waals surface area contributed by atoms with Crippen LogP contribution in [0.15, 0.2) is 22.7 Å². The van der Waals surface area contributed by atoms with E-state index in [9.17, 15) is 0 Å². The van der Waals surface area contributed by atoms with E-state index in [0.29, 0.717) is 12.6 Å². The number of rotatable bonds is 4. The minimum atomic E-state index is 0.602. The van der Waals surface area contributed by atoms with Crippen molar-refractivity contribution < 1.29 is 0 Å². The van der Waals surface area contributed by atoms with Gasteiger partial charge in [0.05, 0.1) is 0 Å². The summed E-state index contributed by atoms with van der Waals surface area (Å²) in [5.41, 5.74) is 8.25. The Bertz CT molecular complexity index is 436. The van der Waals surface area contributed by atoms with Crippen LogP contribution in [0.5, 0.6) is 0 Å². The molecule has 3 nitrogen and oxygen atoms in total. The molecule has 1 aromatic rings. The van der Waals surface area contributed by atoms with Gasteiger partial charge in [-0.1, -0.05) is 35.0 Å². The molecule has 1 aliphatic rings. The van der Waals surface area contributed by atoms with Crippen molar-refractivity contribution in [3.63, 3.8) is 0 Å². The summed E-state index contributed by atoms with van der Waals surface area (Å²) in [6, 6.07) is 7.17. The van der Waals surface area contributed by atoms with Crippen molar-refractivity contribution in [2.24, 2.45) is 5.73 Å². The van der Waals surface area contributed by atoms with E-state index in [1.165, 1.54) is 48.1 Å². The zero-order valence-corrected chi connectivity index (χ0v) is 14.2. The lowest BCUT2D eigenvalue weighted by Gasteiger charge is -2.30. The van der Waals surface area contributed by atoms with Gasteiger partial charge in [-0.15, -0.1) is 0 Å². The van der Waals surface area contributed by atoms with Crippen LogP contribution in [0.25, 0.3) is 0 Å². The van der Waals surface area contributed by atoms with Crippen LogP contribution in [-0.4, -0.2) is 42.5 Å². The van der Waals surface area contributed by atoms with Crippen LogP contribution in [0, 0.1) is 0 Å².